The summed E-state index contributed by atoms with van der Waals surface area (Å²) in [6.45, 7) is 1.21. The molecule has 11 heteroatoms. The first-order valence-electron chi connectivity index (χ1n) is 6.20. The molecular weight excluding hydrogens is 329 g/mol. The minimum Gasteiger partial charge on any atom is -0.479 e. The Bertz CT molecular complexity index is 585. The quantitative estimate of drug-likeness (QED) is 0.544. The maximum atomic E-state index is 12.3. The number of allylic oxidation sites excluding steroid dienone is 1. The molecule has 2 N–H and O–H groups in total. The van der Waals surface area contributed by atoms with Crippen molar-refractivity contribution >= 4 is 21.7 Å². The van der Waals surface area contributed by atoms with E-state index >= 15 is 0 Å². The molecule has 126 valence electrons. The minimum absolute atomic E-state index is 0.0688. The van der Waals surface area contributed by atoms with Gasteiger partial charge in [0.05, 0.1) is 18.4 Å². The van der Waals surface area contributed by atoms with Crippen LogP contribution in [-0.4, -0.2) is 50.1 Å². The van der Waals surface area contributed by atoms with Gasteiger partial charge in [-0.15, -0.1) is 0 Å². The average Bonchev–Trinajstić information content (AvgIpc) is 2.65. The third kappa shape index (κ3) is 5.30. The molecule has 0 bridgehead atoms. The van der Waals surface area contributed by atoms with Crippen LogP contribution in [0.25, 0.3) is 0 Å². The third-order valence-corrected chi connectivity index (χ3v) is 3.70. The molecular formula is C11H15F3N2O5S. The van der Waals surface area contributed by atoms with E-state index in [4.69, 9.17) is 9.88 Å². The molecule has 0 aliphatic carbocycles. The number of carbonyl (C=O) groups is 2. The molecule has 1 fully saturated rings. The molecule has 1 amide bonds. The molecule has 0 saturated carbocycles. The maximum absolute atomic E-state index is 12.3. The lowest BCUT2D eigenvalue weighted by molar-refractivity contribution is -0.165. The molecule has 0 aromatic rings. The highest BCUT2D eigenvalue weighted by Crippen LogP contribution is 2.25. The van der Waals surface area contributed by atoms with E-state index in [0.29, 0.717) is 0 Å². The number of nitrogens with zero attached hydrogens (tertiary/aromatic N) is 1. The van der Waals surface area contributed by atoms with Gasteiger partial charge in [0.2, 0.25) is 15.9 Å². The van der Waals surface area contributed by atoms with E-state index in [2.05, 4.69) is 0 Å². The summed E-state index contributed by atoms with van der Waals surface area (Å²) in [5, 5.41) is 4.87. The summed E-state index contributed by atoms with van der Waals surface area (Å²) in [6, 6.07) is 0. The van der Waals surface area contributed by atoms with E-state index in [-0.39, 0.29) is 25.6 Å². The van der Waals surface area contributed by atoms with Gasteiger partial charge in [0.15, 0.2) is 5.88 Å². The highest BCUT2D eigenvalue weighted by Gasteiger charge is 2.40. The highest BCUT2D eigenvalue weighted by molar-refractivity contribution is 7.89. The number of sulfonamides is 1. The van der Waals surface area contributed by atoms with Gasteiger partial charge in [-0.05, 0) is 6.92 Å². The Morgan fingerprint density at radius 1 is 1.50 bits per heavy atom. The Hall–Kier alpha value is -1.62. The van der Waals surface area contributed by atoms with Gasteiger partial charge >= 0.3 is 6.18 Å². The van der Waals surface area contributed by atoms with E-state index < -0.39 is 45.4 Å². The van der Waals surface area contributed by atoms with Crippen LogP contribution in [0.1, 0.15) is 13.3 Å². The predicted octanol–water partition coefficient (Wildman–Crippen LogP) is 0.133. The van der Waals surface area contributed by atoms with E-state index in [1.807, 2.05) is 0 Å². The number of halogens is 3. The molecule has 1 heterocycles. The number of nitrogens with two attached hydrogens (primary N) is 1. The molecule has 0 spiro atoms. The van der Waals surface area contributed by atoms with E-state index in [0.717, 1.165) is 4.90 Å². The zero-order valence-electron chi connectivity index (χ0n) is 11.6. The van der Waals surface area contributed by atoms with Crippen LogP contribution in [0.15, 0.2) is 12.0 Å². The number of likely N-dealkylation sites (tertiary alicyclic amines) is 1. The van der Waals surface area contributed by atoms with Crippen LogP contribution in [0.4, 0.5) is 13.2 Å². The third-order valence-electron chi connectivity index (χ3n) is 2.77. The van der Waals surface area contributed by atoms with Crippen molar-refractivity contribution in [3.8, 4) is 0 Å². The molecule has 0 aromatic carbocycles. The molecule has 1 aliphatic rings. The van der Waals surface area contributed by atoms with Crippen LogP contribution in [0.2, 0.25) is 0 Å². The fourth-order valence-electron chi connectivity index (χ4n) is 1.97. The minimum atomic E-state index is -5.09. The number of hydrogen-bond acceptors (Lipinski definition) is 5. The molecule has 1 atom stereocenters. The van der Waals surface area contributed by atoms with Crippen LogP contribution >= 0.6 is 0 Å². The van der Waals surface area contributed by atoms with Crippen LogP contribution in [-0.2, 0) is 24.3 Å². The van der Waals surface area contributed by atoms with Crippen LogP contribution < -0.4 is 5.14 Å². The summed E-state index contributed by atoms with van der Waals surface area (Å²) < 4.78 is 63.8. The number of alkyl halides is 3. The number of rotatable bonds is 6. The van der Waals surface area contributed by atoms with Crippen LogP contribution in [0.3, 0.4) is 0 Å². The van der Waals surface area contributed by atoms with Crippen molar-refractivity contribution in [3.63, 3.8) is 0 Å². The van der Waals surface area contributed by atoms with Crippen LogP contribution in [0, 0.1) is 5.92 Å². The topological polar surface area (TPSA) is 107 Å². The fourth-order valence-corrected chi connectivity index (χ4v) is 2.85. The Morgan fingerprint density at radius 2 is 2.09 bits per heavy atom. The fraction of sp³-hybridized carbons (Fsp3) is 0.636. The van der Waals surface area contributed by atoms with Gasteiger partial charge in [0.1, 0.15) is 0 Å². The zero-order valence-corrected chi connectivity index (χ0v) is 12.4. The van der Waals surface area contributed by atoms with Gasteiger partial charge in [-0.3, -0.25) is 14.5 Å². The first-order chi connectivity index (χ1) is 9.94. The number of ether oxygens (including phenoxy) is 1. The summed E-state index contributed by atoms with van der Waals surface area (Å²) in [6.07, 6.45) is -5.12. The maximum Gasteiger partial charge on any atom is 0.454 e. The lowest BCUT2D eigenvalue weighted by Gasteiger charge is -2.20. The van der Waals surface area contributed by atoms with Gasteiger partial charge in [0, 0.05) is 18.9 Å². The monoisotopic (exact) mass is 344 g/mol. The Kier molecular flexibility index (Phi) is 5.57. The number of hydrogen-bond donors (Lipinski definition) is 1. The zero-order chi connectivity index (χ0) is 17.1. The predicted molar refractivity (Wildman–Crippen MR) is 68.6 cm³/mol. The standard InChI is InChI=1S/C11H15F3N2O5S/c1-2-21-10(4-8(17)11(12,13)14)16-5-7(3-9(16)18)6-22(15,19)20/h4,7H,2-3,5-6H2,1H3,(H2,15,19,20). The first kappa shape index (κ1) is 18.4. The summed E-state index contributed by atoms with van der Waals surface area (Å²) in [5.41, 5.74) is 0. The molecule has 1 unspecified atom stereocenters. The van der Waals surface area contributed by atoms with Crippen molar-refractivity contribution in [3.05, 3.63) is 12.0 Å². The van der Waals surface area contributed by atoms with E-state index in [1.54, 1.807) is 0 Å². The largest absolute Gasteiger partial charge is 0.479 e. The highest BCUT2D eigenvalue weighted by atomic mass is 32.2. The summed E-state index contributed by atoms with van der Waals surface area (Å²) in [7, 11) is -3.82. The molecule has 1 saturated heterocycles. The first-order valence-corrected chi connectivity index (χ1v) is 7.92. The number of primary sulfonamides is 1. The number of ketones is 1. The van der Waals surface area contributed by atoms with Gasteiger partial charge in [-0.1, -0.05) is 0 Å². The van der Waals surface area contributed by atoms with Crippen molar-refractivity contribution in [2.24, 2.45) is 11.1 Å². The van der Waals surface area contributed by atoms with Gasteiger partial charge in [-0.2, -0.15) is 13.2 Å². The van der Waals surface area contributed by atoms with Crippen molar-refractivity contribution in [1.82, 2.24) is 4.90 Å². The second-order valence-electron chi connectivity index (χ2n) is 4.68. The summed E-state index contributed by atoms with van der Waals surface area (Å²) in [5.74, 6) is -4.51. The second kappa shape index (κ2) is 6.65. The van der Waals surface area contributed by atoms with E-state index in [1.165, 1.54) is 6.92 Å². The lowest BCUT2D eigenvalue weighted by Crippen LogP contribution is -2.30. The van der Waals surface area contributed by atoms with Crippen molar-refractivity contribution in [2.45, 2.75) is 19.5 Å². The van der Waals surface area contributed by atoms with Crippen molar-refractivity contribution < 1.29 is 35.9 Å². The molecule has 1 aliphatic heterocycles. The Balaban J connectivity index is 2.95. The van der Waals surface area contributed by atoms with Crippen molar-refractivity contribution in [2.75, 3.05) is 18.9 Å². The number of carbonyl (C=O) groups excluding carboxylic acids is 2. The Morgan fingerprint density at radius 3 is 2.55 bits per heavy atom. The normalized spacial score (nSPS) is 20.4. The molecule has 0 radical (unpaired) electrons. The lowest BCUT2D eigenvalue weighted by atomic mass is 10.1. The number of amides is 1. The molecule has 0 aromatic heterocycles. The summed E-state index contributed by atoms with van der Waals surface area (Å²) >= 11 is 0. The average molecular weight is 344 g/mol. The van der Waals surface area contributed by atoms with Gasteiger partial charge in [0.25, 0.3) is 5.78 Å². The van der Waals surface area contributed by atoms with Gasteiger partial charge < -0.3 is 4.74 Å². The Labute approximate surface area is 124 Å². The SMILES string of the molecule is CCOC(=CC(=O)C(F)(F)F)N1CC(CS(N)(=O)=O)CC1=O. The molecule has 22 heavy (non-hydrogen) atoms. The summed E-state index contributed by atoms with van der Waals surface area (Å²) in [4.78, 5) is 23.6. The van der Waals surface area contributed by atoms with E-state index in [9.17, 15) is 31.2 Å². The molecule has 1 rings (SSSR count). The van der Waals surface area contributed by atoms with Crippen molar-refractivity contribution in [1.29, 1.82) is 0 Å². The smallest absolute Gasteiger partial charge is 0.454 e. The molecule has 7 nitrogen and oxygen atoms in total. The van der Waals surface area contributed by atoms with Gasteiger partial charge in [-0.25, -0.2) is 13.6 Å². The van der Waals surface area contributed by atoms with Crippen LogP contribution in [0.5, 0.6) is 0 Å². The second-order valence-corrected chi connectivity index (χ2v) is 6.34.